The molecule has 4 heteroatoms. The van der Waals surface area contributed by atoms with Crippen LogP contribution in [0, 0.1) is 11.3 Å². The summed E-state index contributed by atoms with van der Waals surface area (Å²) in [6.07, 6.45) is 1.18. The maximum atomic E-state index is 7.51. The third-order valence-electron chi connectivity index (χ3n) is 0.0913. The normalized spacial score (nSPS) is 4.91. The molecule has 0 amide bonds. The molecule has 0 N–H and O–H groups in total. The second-order valence-electron chi connectivity index (χ2n) is 0.826. The largest absolute Gasteiger partial charge is 0.193 e. The van der Waals surface area contributed by atoms with Crippen molar-refractivity contribution < 1.29 is 0 Å². The number of nitrogens with zero attached hydrogens (tertiary/aromatic N) is 1. The van der Waals surface area contributed by atoms with E-state index < -0.39 is 0 Å². The van der Waals surface area contributed by atoms with Gasteiger partial charge in [-0.25, -0.2) is 0 Å². The summed E-state index contributed by atoms with van der Waals surface area (Å²) < 4.78 is 0.111. The Labute approximate surface area is 82.2 Å². The first-order chi connectivity index (χ1) is 5.06. The molecule has 0 aliphatic rings. The molecule has 0 aromatic carbocycles. The molecule has 0 radical (unpaired) electrons. The van der Waals surface area contributed by atoms with Crippen LogP contribution in [0.3, 0.4) is 0 Å². The lowest BCUT2D eigenvalue weighted by molar-refractivity contribution is 1.54. The molecule has 0 saturated carbocycles. The number of hydrogen-bond donors (Lipinski definition) is 0. The van der Waals surface area contributed by atoms with Crippen LogP contribution in [0.25, 0.3) is 0 Å². The van der Waals surface area contributed by atoms with Crippen LogP contribution in [-0.4, -0.2) is 0 Å². The van der Waals surface area contributed by atoms with Gasteiger partial charge in [-0.05, 0) is 5.54 Å². The van der Waals surface area contributed by atoms with E-state index in [4.69, 9.17) is 40.1 Å². The predicted octanol–water partition coefficient (Wildman–Crippen LogP) is 4.00. The highest BCUT2D eigenvalue weighted by atomic mass is 35.5. The van der Waals surface area contributed by atoms with E-state index in [1.807, 2.05) is 0 Å². The number of nitriles is 1. The summed E-state index contributed by atoms with van der Waals surface area (Å²) in [5.41, 5.74) is 1.22. The molecule has 0 unspecified atom stereocenters. The van der Waals surface area contributed by atoms with Crippen molar-refractivity contribution in [2.75, 3.05) is 0 Å². The van der Waals surface area contributed by atoms with Crippen LogP contribution in [0.15, 0.2) is 35.8 Å². The SMILES string of the molecule is C=C(Cl)Cl.C=CC#N.C=CCl. The van der Waals surface area contributed by atoms with Gasteiger partial charge in [0.05, 0.1) is 10.6 Å². The van der Waals surface area contributed by atoms with Crippen molar-refractivity contribution in [3.05, 3.63) is 35.8 Å². The minimum absolute atomic E-state index is 0.111. The summed E-state index contributed by atoms with van der Waals surface area (Å²) in [6.45, 7) is 9.33. The third kappa shape index (κ3) is 1640. The van der Waals surface area contributed by atoms with E-state index in [1.54, 1.807) is 6.07 Å². The van der Waals surface area contributed by atoms with E-state index in [1.165, 1.54) is 11.6 Å². The maximum absolute atomic E-state index is 7.51. The second kappa shape index (κ2) is 22.7. The summed E-state index contributed by atoms with van der Waals surface area (Å²) in [4.78, 5) is 0. The van der Waals surface area contributed by atoms with Gasteiger partial charge in [0.1, 0.15) is 0 Å². The van der Waals surface area contributed by atoms with Gasteiger partial charge in [0.15, 0.2) is 0 Å². The molecule has 0 spiro atoms. The Morgan fingerprint density at radius 2 is 1.45 bits per heavy atom. The summed E-state index contributed by atoms with van der Waals surface area (Å²) in [5.74, 6) is 0. The molecule has 0 atom stereocenters. The molecule has 0 bridgehead atoms. The van der Waals surface area contributed by atoms with Gasteiger partial charge < -0.3 is 0 Å². The lowest BCUT2D eigenvalue weighted by Gasteiger charge is -1.57. The van der Waals surface area contributed by atoms with Gasteiger partial charge in [-0.3, -0.25) is 0 Å². The molecule has 0 fully saturated rings. The summed E-state index contributed by atoms with van der Waals surface area (Å²) in [5, 5.41) is 7.51. The Morgan fingerprint density at radius 1 is 1.36 bits per heavy atom. The van der Waals surface area contributed by atoms with Crippen LogP contribution in [-0.2, 0) is 0 Å². The van der Waals surface area contributed by atoms with Crippen molar-refractivity contribution in [3.8, 4) is 6.07 Å². The fraction of sp³-hybridized carbons (Fsp3) is 0. The van der Waals surface area contributed by atoms with Gasteiger partial charge >= 0.3 is 0 Å². The van der Waals surface area contributed by atoms with Gasteiger partial charge in [-0.1, -0.05) is 54.5 Å². The Hall–Kier alpha value is -0.420. The first-order valence-corrected chi connectivity index (χ1v) is 3.47. The number of rotatable bonds is 0. The zero-order valence-corrected chi connectivity index (χ0v) is 8.12. The van der Waals surface area contributed by atoms with Gasteiger partial charge in [0.25, 0.3) is 0 Å². The Morgan fingerprint density at radius 3 is 1.45 bits per heavy atom. The van der Waals surface area contributed by atoms with Crippen molar-refractivity contribution in [1.29, 1.82) is 5.26 Å². The highest BCUT2D eigenvalue weighted by Crippen LogP contribution is 1.98. The fourth-order valence-electron chi connectivity index (χ4n) is 0. The van der Waals surface area contributed by atoms with Crippen LogP contribution in [0.2, 0.25) is 0 Å². The minimum atomic E-state index is 0.111. The molecular formula is C7H8Cl3N. The quantitative estimate of drug-likeness (QED) is 0.557. The van der Waals surface area contributed by atoms with Gasteiger partial charge in [0.2, 0.25) is 0 Å². The Balaban J connectivity index is -0.0000000886. The van der Waals surface area contributed by atoms with E-state index in [2.05, 4.69) is 19.7 Å². The average Bonchev–Trinajstić information content (AvgIpc) is 1.88. The lowest BCUT2D eigenvalue weighted by atomic mass is 10.8. The first-order valence-electron chi connectivity index (χ1n) is 2.28. The second-order valence-corrected chi connectivity index (χ2v) is 2.24. The van der Waals surface area contributed by atoms with E-state index in [9.17, 15) is 0 Å². The zero-order chi connectivity index (χ0) is 9.70. The minimum Gasteiger partial charge on any atom is -0.193 e. The first kappa shape index (κ1) is 16.9. The topological polar surface area (TPSA) is 23.8 Å². The van der Waals surface area contributed by atoms with E-state index in [-0.39, 0.29) is 4.49 Å². The molecule has 0 saturated heterocycles. The van der Waals surface area contributed by atoms with Crippen LogP contribution in [0.4, 0.5) is 0 Å². The monoisotopic (exact) mass is 211 g/mol. The molecule has 0 aliphatic heterocycles. The molecule has 0 heterocycles. The molecule has 0 rings (SSSR count). The zero-order valence-electron chi connectivity index (χ0n) is 5.86. The summed E-state index contributed by atoms with van der Waals surface area (Å²) in [7, 11) is 0. The standard InChI is InChI=1S/C3H3N.C2H2Cl2.C2H3Cl/c1-2-3-4;1-2(3)4;1-2-3/h2H,1H2;1H2;2H,1H2. The molecule has 0 aromatic rings. The number of halogens is 3. The fourth-order valence-corrected chi connectivity index (χ4v) is 0. The highest BCUT2D eigenvalue weighted by Gasteiger charge is 1.60. The van der Waals surface area contributed by atoms with E-state index in [0.29, 0.717) is 0 Å². The van der Waals surface area contributed by atoms with Crippen LogP contribution in [0.5, 0.6) is 0 Å². The van der Waals surface area contributed by atoms with Crippen LogP contribution in [0.1, 0.15) is 0 Å². The predicted molar refractivity (Wildman–Crippen MR) is 52.7 cm³/mol. The number of allylic oxidation sites excluding steroid dienone is 1. The molecule has 11 heavy (non-hydrogen) atoms. The Kier molecular flexibility index (Phi) is 34.8. The van der Waals surface area contributed by atoms with Gasteiger partial charge in [-0.2, -0.15) is 5.26 Å². The lowest BCUT2D eigenvalue weighted by Crippen LogP contribution is -1.24. The van der Waals surface area contributed by atoms with Gasteiger partial charge in [0, 0.05) is 6.08 Å². The third-order valence-corrected chi connectivity index (χ3v) is 0.0913. The molecular weight excluding hydrogens is 204 g/mol. The number of hydrogen-bond acceptors (Lipinski definition) is 1. The van der Waals surface area contributed by atoms with Gasteiger partial charge in [-0.15, -0.1) is 0 Å². The van der Waals surface area contributed by atoms with Crippen molar-refractivity contribution >= 4 is 34.8 Å². The van der Waals surface area contributed by atoms with Crippen molar-refractivity contribution in [2.24, 2.45) is 0 Å². The molecule has 0 aromatic heterocycles. The van der Waals surface area contributed by atoms with Crippen molar-refractivity contribution in [2.45, 2.75) is 0 Å². The summed E-state index contributed by atoms with van der Waals surface area (Å²) in [6, 6.07) is 1.69. The molecule has 0 aliphatic carbocycles. The smallest absolute Gasteiger partial charge is 0.0992 e. The van der Waals surface area contributed by atoms with Crippen LogP contribution < -0.4 is 0 Å². The van der Waals surface area contributed by atoms with E-state index >= 15 is 0 Å². The van der Waals surface area contributed by atoms with Crippen molar-refractivity contribution in [3.63, 3.8) is 0 Å². The van der Waals surface area contributed by atoms with E-state index in [0.717, 1.165) is 0 Å². The van der Waals surface area contributed by atoms with Crippen molar-refractivity contribution in [1.82, 2.24) is 0 Å². The highest BCUT2D eigenvalue weighted by molar-refractivity contribution is 6.55. The Bertz CT molecular complexity index is 142. The molecule has 1 nitrogen and oxygen atoms in total. The molecule has 62 valence electrons. The van der Waals surface area contributed by atoms with Crippen LogP contribution >= 0.6 is 34.8 Å². The summed E-state index contributed by atoms with van der Waals surface area (Å²) >= 11 is 14.5. The maximum Gasteiger partial charge on any atom is 0.0992 e. The average molecular weight is 213 g/mol.